The molecule has 1 fully saturated rings. The van der Waals surface area contributed by atoms with Crippen LogP contribution in [0, 0.1) is 41.4 Å². The zero-order valence-electron chi connectivity index (χ0n) is 14.3. The molecule has 118 valence electrons. The summed E-state index contributed by atoms with van der Waals surface area (Å²) in [5.41, 5.74) is 3.75. The van der Waals surface area contributed by atoms with Gasteiger partial charge in [-0.05, 0) is 37.2 Å². The van der Waals surface area contributed by atoms with Crippen LogP contribution in [0.3, 0.4) is 0 Å². The Kier molecular flexibility index (Phi) is 3.27. The van der Waals surface area contributed by atoms with Crippen molar-refractivity contribution in [3.63, 3.8) is 0 Å². The highest BCUT2D eigenvalue weighted by Gasteiger charge is 2.58. The van der Waals surface area contributed by atoms with E-state index in [1.54, 1.807) is 0 Å². The lowest BCUT2D eigenvalue weighted by Crippen LogP contribution is -2.50. The minimum absolute atomic E-state index is 0.135. The van der Waals surface area contributed by atoms with Gasteiger partial charge < -0.3 is 0 Å². The number of hydrogen-bond donors (Lipinski definition) is 0. The van der Waals surface area contributed by atoms with E-state index < -0.39 is 0 Å². The third-order valence-corrected chi connectivity index (χ3v) is 6.87. The minimum atomic E-state index is 0.135. The van der Waals surface area contributed by atoms with Crippen LogP contribution < -0.4 is 0 Å². The Bertz CT molecular complexity index is 724. The highest BCUT2D eigenvalue weighted by molar-refractivity contribution is 6.10. The monoisotopic (exact) mass is 303 g/mol. The number of hydrogen-bond acceptors (Lipinski definition) is 1. The second kappa shape index (κ2) is 5.10. The third-order valence-electron chi connectivity index (χ3n) is 6.87. The number of fused-ring (bicyclic) bond motifs is 6. The molecule has 0 radical (unpaired) electrons. The van der Waals surface area contributed by atoms with Crippen LogP contribution in [0.25, 0.3) is 0 Å². The minimum Gasteiger partial charge on any atom is -0.284 e. The number of allylic oxidation sites excluding steroid dienone is 7. The molecular weight excluding hydrogens is 278 g/mol. The lowest BCUT2D eigenvalue weighted by molar-refractivity contribution is 0.0804. The van der Waals surface area contributed by atoms with Crippen LogP contribution in [0.1, 0.15) is 33.6 Å². The average Bonchev–Trinajstić information content (AvgIpc) is 2.71. The zero-order valence-corrected chi connectivity index (χ0v) is 14.3. The highest BCUT2D eigenvalue weighted by atomic mass is 14.9. The second-order valence-electron chi connectivity index (χ2n) is 7.64. The van der Waals surface area contributed by atoms with Gasteiger partial charge in [-0.15, -0.1) is 6.42 Å². The molecule has 23 heavy (non-hydrogen) atoms. The van der Waals surface area contributed by atoms with Gasteiger partial charge >= 0.3 is 0 Å². The topological polar surface area (TPSA) is 12.4 Å². The third kappa shape index (κ3) is 1.78. The van der Waals surface area contributed by atoms with Crippen molar-refractivity contribution in [2.75, 3.05) is 0 Å². The number of rotatable bonds is 1. The molecule has 1 saturated carbocycles. The van der Waals surface area contributed by atoms with Crippen molar-refractivity contribution in [3.8, 4) is 12.3 Å². The molecule has 0 aromatic carbocycles. The van der Waals surface area contributed by atoms with Crippen molar-refractivity contribution in [3.05, 3.63) is 47.6 Å². The summed E-state index contributed by atoms with van der Waals surface area (Å²) in [7, 11) is 0. The molecule has 3 aliphatic carbocycles. The first kappa shape index (κ1) is 14.8. The Morgan fingerprint density at radius 3 is 2.83 bits per heavy atom. The number of aliphatic imine (C=N–C) groups is 1. The summed E-state index contributed by atoms with van der Waals surface area (Å²) in [5.74, 6) is 5.20. The lowest BCUT2D eigenvalue weighted by atomic mass is 9.55. The van der Waals surface area contributed by atoms with Crippen molar-refractivity contribution >= 4 is 5.71 Å². The van der Waals surface area contributed by atoms with Gasteiger partial charge in [0.15, 0.2) is 0 Å². The summed E-state index contributed by atoms with van der Waals surface area (Å²) in [6.45, 7) is 6.85. The molecule has 0 spiro atoms. The molecule has 4 aliphatic rings. The van der Waals surface area contributed by atoms with Gasteiger partial charge in [-0.25, -0.2) is 0 Å². The summed E-state index contributed by atoms with van der Waals surface area (Å²) in [5, 5.41) is 0. The molecule has 1 heteroatoms. The molecular formula is C22H25N. The summed E-state index contributed by atoms with van der Waals surface area (Å²) in [6.07, 6.45) is 22.0. The van der Waals surface area contributed by atoms with Crippen molar-refractivity contribution in [1.82, 2.24) is 0 Å². The molecule has 2 bridgehead atoms. The Morgan fingerprint density at radius 2 is 2.09 bits per heavy atom. The van der Waals surface area contributed by atoms with Gasteiger partial charge in [-0.1, -0.05) is 56.2 Å². The zero-order chi connectivity index (χ0) is 16.2. The van der Waals surface area contributed by atoms with E-state index >= 15 is 0 Å². The molecule has 0 N–H and O–H groups in total. The summed E-state index contributed by atoms with van der Waals surface area (Å²) < 4.78 is 0. The Labute approximate surface area is 140 Å². The summed E-state index contributed by atoms with van der Waals surface area (Å²) in [4.78, 5) is 5.26. The van der Waals surface area contributed by atoms with E-state index in [1.807, 2.05) is 0 Å². The first-order chi connectivity index (χ1) is 11.1. The molecule has 0 aromatic rings. The van der Waals surface area contributed by atoms with Gasteiger partial charge in [0.05, 0.1) is 11.8 Å². The molecule has 6 atom stereocenters. The molecule has 4 unspecified atom stereocenters. The predicted octanol–water partition coefficient (Wildman–Crippen LogP) is 4.74. The van der Waals surface area contributed by atoms with Crippen LogP contribution in [0.5, 0.6) is 0 Å². The molecule has 0 amide bonds. The normalized spacial score (nSPS) is 44.1. The standard InChI is InChI=1S/C22H25N/c1-5-9-18-16(6-2)20-14(3)22(18,4)19-13-12-15-10-7-8-11-17(15)21(19)23-20/h2,5,7-11,14-15,17,19,21H,12-13H2,1,3-4H3/b9-5-/t14?,15?,17?,19-,21-,22?/m0/s1. The Morgan fingerprint density at radius 1 is 1.30 bits per heavy atom. The quantitative estimate of drug-likeness (QED) is 0.620. The first-order valence-electron chi connectivity index (χ1n) is 8.90. The highest BCUT2D eigenvalue weighted by Crippen LogP contribution is 2.60. The van der Waals surface area contributed by atoms with E-state index in [4.69, 9.17) is 11.4 Å². The fourth-order valence-electron chi connectivity index (χ4n) is 5.55. The van der Waals surface area contributed by atoms with Gasteiger partial charge in [0.2, 0.25) is 0 Å². The number of nitrogens with zero attached hydrogens (tertiary/aromatic N) is 1. The average molecular weight is 303 g/mol. The van der Waals surface area contributed by atoms with E-state index in [9.17, 15) is 0 Å². The van der Waals surface area contributed by atoms with E-state index in [0.29, 0.717) is 29.7 Å². The summed E-state index contributed by atoms with van der Waals surface area (Å²) >= 11 is 0. The molecule has 1 heterocycles. The van der Waals surface area contributed by atoms with Crippen LogP contribution in [-0.2, 0) is 0 Å². The van der Waals surface area contributed by atoms with Gasteiger partial charge in [-0.3, -0.25) is 4.99 Å². The fourth-order valence-corrected chi connectivity index (χ4v) is 5.55. The van der Waals surface area contributed by atoms with E-state index in [1.165, 1.54) is 24.1 Å². The van der Waals surface area contributed by atoms with E-state index in [2.05, 4.69) is 63.1 Å². The van der Waals surface area contributed by atoms with Gasteiger partial charge in [0, 0.05) is 22.8 Å². The van der Waals surface area contributed by atoms with Crippen LogP contribution >= 0.6 is 0 Å². The van der Waals surface area contributed by atoms with Crippen LogP contribution in [0.15, 0.2) is 52.6 Å². The smallest absolute Gasteiger partial charge is 0.0608 e. The molecule has 1 nitrogen and oxygen atoms in total. The maximum atomic E-state index is 5.91. The predicted molar refractivity (Wildman–Crippen MR) is 97.2 cm³/mol. The fraction of sp³-hybridized carbons (Fsp3) is 0.500. The Balaban J connectivity index is 1.87. The second-order valence-corrected chi connectivity index (χ2v) is 7.64. The van der Waals surface area contributed by atoms with Crippen molar-refractivity contribution in [1.29, 1.82) is 0 Å². The molecule has 4 rings (SSSR count). The van der Waals surface area contributed by atoms with Gasteiger partial charge in [0.1, 0.15) is 0 Å². The Hall–Kier alpha value is -1.81. The first-order valence-corrected chi connectivity index (χ1v) is 8.90. The largest absolute Gasteiger partial charge is 0.284 e. The van der Waals surface area contributed by atoms with Gasteiger partial charge in [-0.2, -0.15) is 0 Å². The molecule has 0 aromatic heterocycles. The lowest BCUT2D eigenvalue weighted by Gasteiger charge is -2.51. The van der Waals surface area contributed by atoms with Crippen LogP contribution in [-0.4, -0.2) is 11.8 Å². The van der Waals surface area contributed by atoms with Crippen molar-refractivity contribution < 1.29 is 0 Å². The SMILES string of the molecule is C#CC1=C(/C=C\C)C2(C)C(C)C1=N[C@H]1C3C=CC=CC3CC[C@@H]12. The van der Waals surface area contributed by atoms with Crippen LogP contribution in [0.4, 0.5) is 0 Å². The molecule has 0 saturated heterocycles. The maximum absolute atomic E-state index is 5.91. The van der Waals surface area contributed by atoms with E-state index in [-0.39, 0.29) is 5.41 Å². The number of terminal acetylenes is 1. The van der Waals surface area contributed by atoms with Gasteiger partial charge in [0.25, 0.3) is 0 Å². The maximum Gasteiger partial charge on any atom is 0.0608 e. The van der Waals surface area contributed by atoms with Crippen molar-refractivity contribution in [2.45, 2.75) is 39.7 Å². The van der Waals surface area contributed by atoms with Crippen molar-refractivity contribution in [2.24, 2.45) is 34.1 Å². The van der Waals surface area contributed by atoms with E-state index in [0.717, 1.165) is 5.57 Å². The molecule has 1 aliphatic heterocycles. The summed E-state index contributed by atoms with van der Waals surface area (Å²) in [6, 6.07) is 0.386. The van der Waals surface area contributed by atoms with Crippen LogP contribution in [0.2, 0.25) is 0 Å².